The fraction of sp³-hybridized carbons (Fsp3) is 0.111. The monoisotopic (exact) mass is 442 g/mol. The molecule has 0 aliphatic carbocycles. The Morgan fingerprint density at radius 2 is 1.17 bits per heavy atom. The Morgan fingerprint density at radius 1 is 0.586 bits per heavy atom. The lowest BCUT2D eigenvalue weighted by atomic mass is 9.85. The van der Waals surface area contributed by atoms with Crippen molar-refractivity contribution in [3.05, 3.63) is 107 Å². The van der Waals surface area contributed by atoms with Gasteiger partial charge in [-0.25, -0.2) is 0 Å². The minimum Gasteiger partial charge on any atom is -0.386 e. The van der Waals surface area contributed by atoms with E-state index in [-0.39, 0.29) is 0 Å². The lowest BCUT2D eigenvalue weighted by Crippen LogP contribution is -2.17. The van der Waals surface area contributed by atoms with Crippen LogP contribution in [0.1, 0.15) is 19.4 Å². The number of hydrogen-bond donors (Lipinski definition) is 1. The van der Waals surface area contributed by atoms with Crippen LogP contribution in [0.5, 0.6) is 0 Å². The summed E-state index contributed by atoms with van der Waals surface area (Å²) in [6, 6.07) is 33.5. The minimum absolute atomic E-state index is 0.897. The summed E-state index contributed by atoms with van der Waals surface area (Å²) in [5, 5.41) is 10.9. The van der Waals surface area contributed by atoms with Gasteiger partial charge in [0.05, 0.1) is 5.60 Å². The van der Waals surface area contributed by atoms with Gasteiger partial charge in [0, 0.05) is 4.47 Å². The van der Waals surface area contributed by atoms with E-state index in [1.54, 1.807) is 0 Å². The zero-order valence-corrected chi connectivity index (χ0v) is 18.1. The summed E-state index contributed by atoms with van der Waals surface area (Å²) >= 11 is 3.56. The first-order chi connectivity index (χ1) is 13.9. The van der Waals surface area contributed by atoms with Crippen LogP contribution in [-0.4, -0.2) is 5.11 Å². The van der Waals surface area contributed by atoms with Crippen molar-refractivity contribution in [2.24, 2.45) is 0 Å². The van der Waals surface area contributed by atoms with Gasteiger partial charge in [-0.05, 0) is 71.0 Å². The normalized spacial score (nSPS) is 11.4. The molecular weight excluding hydrogens is 420 g/mol. The SMILES string of the molecule is CC(C)(O)c1cc(Br)ccc1-c1cc(-c2ccccc2)ccc1-c1ccccc1. The third kappa shape index (κ3) is 4.19. The van der Waals surface area contributed by atoms with Gasteiger partial charge in [0.1, 0.15) is 0 Å². The average Bonchev–Trinajstić information content (AvgIpc) is 2.74. The molecule has 0 unspecified atom stereocenters. The highest BCUT2D eigenvalue weighted by molar-refractivity contribution is 9.10. The zero-order chi connectivity index (χ0) is 20.4. The van der Waals surface area contributed by atoms with E-state index in [0.29, 0.717) is 0 Å². The molecule has 0 bridgehead atoms. The second-order valence-corrected chi connectivity index (χ2v) is 8.66. The van der Waals surface area contributed by atoms with Crippen molar-refractivity contribution >= 4 is 15.9 Å². The van der Waals surface area contributed by atoms with Crippen LogP contribution in [0.4, 0.5) is 0 Å². The molecule has 0 saturated carbocycles. The van der Waals surface area contributed by atoms with Gasteiger partial charge in [-0.2, -0.15) is 0 Å². The molecule has 0 aromatic heterocycles. The Hall–Kier alpha value is -2.68. The molecule has 144 valence electrons. The van der Waals surface area contributed by atoms with Crippen molar-refractivity contribution < 1.29 is 5.11 Å². The van der Waals surface area contributed by atoms with Crippen LogP contribution in [0.2, 0.25) is 0 Å². The molecule has 0 spiro atoms. The summed E-state index contributed by atoms with van der Waals surface area (Å²) < 4.78 is 0.957. The molecule has 29 heavy (non-hydrogen) atoms. The fourth-order valence-electron chi connectivity index (χ4n) is 3.70. The number of aliphatic hydroxyl groups is 1. The molecule has 0 atom stereocenters. The van der Waals surface area contributed by atoms with Gasteiger partial charge in [-0.3, -0.25) is 0 Å². The van der Waals surface area contributed by atoms with E-state index in [1.165, 1.54) is 5.56 Å². The first-order valence-electron chi connectivity index (χ1n) is 9.71. The molecule has 1 nitrogen and oxygen atoms in total. The Labute approximate surface area is 180 Å². The van der Waals surface area contributed by atoms with Gasteiger partial charge in [0.15, 0.2) is 0 Å². The molecule has 0 heterocycles. The van der Waals surface area contributed by atoms with Gasteiger partial charge in [-0.1, -0.05) is 94.8 Å². The van der Waals surface area contributed by atoms with E-state index in [1.807, 2.05) is 38.1 Å². The summed E-state index contributed by atoms with van der Waals surface area (Å²) in [6.45, 7) is 3.67. The number of halogens is 1. The Bertz CT molecular complexity index is 1130. The zero-order valence-electron chi connectivity index (χ0n) is 16.6. The maximum atomic E-state index is 10.9. The summed E-state index contributed by atoms with van der Waals surface area (Å²) in [7, 11) is 0. The third-order valence-corrected chi connectivity index (χ3v) is 5.64. The van der Waals surface area contributed by atoms with E-state index < -0.39 is 5.60 Å². The van der Waals surface area contributed by atoms with Gasteiger partial charge >= 0.3 is 0 Å². The van der Waals surface area contributed by atoms with Crippen molar-refractivity contribution in [2.75, 3.05) is 0 Å². The molecule has 4 aromatic rings. The maximum Gasteiger partial charge on any atom is 0.0846 e. The Morgan fingerprint density at radius 3 is 1.79 bits per heavy atom. The van der Waals surface area contributed by atoms with Crippen LogP contribution >= 0.6 is 15.9 Å². The summed E-state index contributed by atoms with van der Waals surface area (Å²) in [6.07, 6.45) is 0. The average molecular weight is 443 g/mol. The molecule has 2 heteroatoms. The van der Waals surface area contributed by atoms with Gasteiger partial charge in [-0.15, -0.1) is 0 Å². The van der Waals surface area contributed by atoms with Crippen molar-refractivity contribution in [3.63, 3.8) is 0 Å². The van der Waals surface area contributed by atoms with Crippen LogP contribution in [-0.2, 0) is 5.60 Å². The fourth-order valence-corrected chi connectivity index (χ4v) is 4.07. The highest BCUT2D eigenvalue weighted by Gasteiger charge is 2.23. The first kappa shape index (κ1) is 19.6. The van der Waals surface area contributed by atoms with E-state index >= 15 is 0 Å². The topological polar surface area (TPSA) is 20.2 Å². The Balaban J connectivity index is 2.00. The molecule has 0 saturated heterocycles. The quantitative estimate of drug-likeness (QED) is 0.343. The largest absolute Gasteiger partial charge is 0.386 e. The van der Waals surface area contributed by atoms with Crippen molar-refractivity contribution in [3.8, 4) is 33.4 Å². The number of rotatable bonds is 4. The highest BCUT2D eigenvalue weighted by Crippen LogP contribution is 2.40. The third-order valence-electron chi connectivity index (χ3n) is 5.14. The van der Waals surface area contributed by atoms with Crippen molar-refractivity contribution in [2.45, 2.75) is 19.4 Å². The second kappa shape index (κ2) is 7.98. The molecular formula is C27H23BrO. The van der Waals surface area contributed by atoms with Gasteiger partial charge in [0.25, 0.3) is 0 Å². The smallest absolute Gasteiger partial charge is 0.0846 e. The van der Waals surface area contributed by atoms with E-state index in [0.717, 1.165) is 37.9 Å². The number of hydrogen-bond acceptors (Lipinski definition) is 1. The van der Waals surface area contributed by atoms with Crippen LogP contribution in [0.3, 0.4) is 0 Å². The lowest BCUT2D eigenvalue weighted by molar-refractivity contribution is 0.0791. The molecule has 0 aliphatic rings. The van der Waals surface area contributed by atoms with Crippen LogP contribution in [0, 0.1) is 0 Å². The first-order valence-corrected chi connectivity index (χ1v) is 10.5. The predicted molar refractivity (Wildman–Crippen MR) is 126 cm³/mol. The maximum absolute atomic E-state index is 10.9. The highest BCUT2D eigenvalue weighted by atomic mass is 79.9. The standard InChI is InChI=1S/C27H23BrO/c1-27(2,29)26-18-22(28)14-16-24(26)25-17-21(19-9-5-3-6-10-19)13-15-23(25)20-11-7-4-8-12-20/h3-18,29H,1-2H3. The minimum atomic E-state index is -0.962. The predicted octanol–water partition coefficient (Wildman–Crippen LogP) is 7.68. The van der Waals surface area contributed by atoms with Crippen molar-refractivity contribution in [1.29, 1.82) is 0 Å². The Kier molecular flexibility index (Phi) is 5.40. The second-order valence-electron chi connectivity index (χ2n) is 7.74. The van der Waals surface area contributed by atoms with Crippen LogP contribution < -0.4 is 0 Å². The lowest BCUT2D eigenvalue weighted by Gasteiger charge is -2.24. The molecule has 0 aliphatic heterocycles. The molecule has 4 rings (SSSR count). The van der Waals surface area contributed by atoms with E-state index in [2.05, 4.69) is 88.7 Å². The van der Waals surface area contributed by atoms with Gasteiger partial charge < -0.3 is 5.11 Å². The van der Waals surface area contributed by atoms with Crippen molar-refractivity contribution in [1.82, 2.24) is 0 Å². The van der Waals surface area contributed by atoms with E-state index in [4.69, 9.17) is 0 Å². The molecule has 0 radical (unpaired) electrons. The number of benzene rings is 4. The van der Waals surface area contributed by atoms with Crippen LogP contribution in [0.25, 0.3) is 33.4 Å². The molecule has 0 fully saturated rings. The van der Waals surface area contributed by atoms with Gasteiger partial charge in [0.2, 0.25) is 0 Å². The molecule has 1 N–H and O–H groups in total. The molecule has 4 aromatic carbocycles. The summed E-state index contributed by atoms with van der Waals surface area (Å²) in [5.41, 5.74) is 6.73. The summed E-state index contributed by atoms with van der Waals surface area (Å²) in [5.74, 6) is 0. The summed E-state index contributed by atoms with van der Waals surface area (Å²) in [4.78, 5) is 0. The van der Waals surface area contributed by atoms with Crippen LogP contribution in [0.15, 0.2) is 102 Å². The van der Waals surface area contributed by atoms with E-state index in [9.17, 15) is 5.11 Å². The molecule has 0 amide bonds.